The second kappa shape index (κ2) is 7.44. The van der Waals surface area contributed by atoms with E-state index in [1.54, 1.807) is 0 Å². The van der Waals surface area contributed by atoms with Crippen molar-refractivity contribution in [2.24, 2.45) is 5.92 Å². The maximum Gasteiger partial charge on any atom is 0.407 e. The summed E-state index contributed by atoms with van der Waals surface area (Å²) >= 11 is 0. The maximum absolute atomic E-state index is 11.8. The highest BCUT2D eigenvalue weighted by Crippen LogP contribution is 2.36. The molecule has 1 saturated carbocycles. The van der Waals surface area contributed by atoms with Crippen LogP contribution < -0.4 is 5.32 Å². The molecule has 3 rings (SSSR count). The van der Waals surface area contributed by atoms with Crippen LogP contribution >= 0.6 is 0 Å². The quantitative estimate of drug-likeness (QED) is 0.777. The molecule has 0 spiro atoms. The van der Waals surface area contributed by atoms with Crippen LogP contribution in [-0.4, -0.2) is 39.0 Å². The van der Waals surface area contributed by atoms with Crippen LogP contribution in [-0.2, 0) is 11.3 Å². The monoisotopic (exact) mass is 330 g/mol. The van der Waals surface area contributed by atoms with Crippen LogP contribution in [0.1, 0.15) is 36.0 Å². The van der Waals surface area contributed by atoms with Crippen LogP contribution in [0.5, 0.6) is 0 Å². The molecular weight excluding hydrogens is 308 g/mol. The summed E-state index contributed by atoms with van der Waals surface area (Å²) in [5, 5.41) is 19.9. The number of aromatic amines is 1. The number of ether oxygens (including phenoxy) is 1. The second-order valence-corrected chi connectivity index (χ2v) is 6.22. The molecule has 1 aromatic heterocycles. The van der Waals surface area contributed by atoms with E-state index in [2.05, 4.69) is 20.5 Å². The molecule has 3 N–H and O–H groups in total. The first-order valence-electron chi connectivity index (χ1n) is 8.13. The first-order chi connectivity index (χ1) is 11.6. The molecule has 1 amide bonds. The van der Waals surface area contributed by atoms with Gasteiger partial charge in [0.15, 0.2) is 5.82 Å². The van der Waals surface area contributed by atoms with Crippen LogP contribution in [0.15, 0.2) is 30.3 Å². The summed E-state index contributed by atoms with van der Waals surface area (Å²) < 4.78 is 5.18. The third-order valence-electron chi connectivity index (χ3n) is 4.36. The smallest absolute Gasteiger partial charge is 0.407 e. The number of hydrogen-bond donors (Lipinski definition) is 3. The van der Waals surface area contributed by atoms with Gasteiger partial charge in [0, 0.05) is 18.4 Å². The lowest BCUT2D eigenvalue weighted by atomic mass is 10.0. The Bertz CT molecular complexity index is 673. The Morgan fingerprint density at radius 1 is 1.38 bits per heavy atom. The van der Waals surface area contributed by atoms with Crippen LogP contribution in [0.4, 0.5) is 4.79 Å². The van der Waals surface area contributed by atoms with E-state index in [4.69, 9.17) is 4.74 Å². The molecule has 0 unspecified atom stereocenters. The molecule has 0 aliphatic heterocycles. The van der Waals surface area contributed by atoms with Gasteiger partial charge in [-0.2, -0.15) is 5.10 Å². The summed E-state index contributed by atoms with van der Waals surface area (Å²) in [6.45, 7) is 2.47. The van der Waals surface area contributed by atoms with Crippen LogP contribution in [0, 0.1) is 12.8 Å². The summed E-state index contributed by atoms with van der Waals surface area (Å²) in [5.74, 6) is 1.61. The third kappa shape index (κ3) is 4.11. The van der Waals surface area contributed by atoms with Gasteiger partial charge in [0.05, 0.1) is 6.10 Å². The molecular formula is C17H22N4O3. The van der Waals surface area contributed by atoms with E-state index >= 15 is 0 Å². The standard InChI is InChI=1S/C17H22N4O3/c1-11-19-16(21-20-11)13-7-14(15(22)8-13)9-18-17(23)24-10-12-5-3-2-4-6-12/h2-6,13-15,22H,7-10H2,1H3,(H,18,23)(H,19,20,21)/t13-,14+,15+/m0/s1. The van der Waals surface area contributed by atoms with E-state index in [1.807, 2.05) is 37.3 Å². The molecule has 3 atom stereocenters. The summed E-state index contributed by atoms with van der Waals surface area (Å²) in [5.41, 5.74) is 0.939. The normalized spacial score (nSPS) is 23.2. The highest BCUT2D eigenvalue weighted by atomic mass is 16.5. The van der Waals surface area contributed by atoms with Crippen molar-refractivity contribution in [1.82, 2.24) is 20.5 Å². The number of rotatable bonds is 5. The van der Waals surface area contributed by atoms with E-state index in [9.17, 15) is 9.90 Å². The molecule has 1 fully saturated rings. The highest BCUT2D eigenvalue weighted by Gasteiger charge is 2.35. The second-order valence-electron chi connectivity index (χ2n) is 6.22. The number of benzene rings is 1. The number of aliphatic hydroxyl groups excluding tert-OH is 1. The Labute approximate surface area is 140 Å². The molecule has 7 nitrogen and oxygen atoms in total. The van der Waals surface area contributed by atoms with Gasteiger partial charge in [0.25, 0.3) is 0 Å². The Kier molecular flexibility index (Phi) is 5.10. The van der Waals surface area contributed by atoms with Crippen LogP contribution in [0.25, 0.3) is 0 Å². The number of alkyl carbamates (subject to hydrolysis) is 1. The zero-order valence-electron chi connectivity index (χ0n) is 13.6. The molecule has 1 heterocycles. The van der Waals surface area contributed by atoms with Crippen molar-refractivity contribution in [3.05, 3.63) is 47.5 Å². The van der Waals surface area contributed by atoms with Gasteiger partial charge in [-0.25, -0.2) is 9.78 Å². The van der Waals surface area contributed by atoms with Crippen LogP contribution in [0.2, 0.25) is 0 Å². The summed E-state index contributed by atoms with van der Waals surface area (Å²) in [4.78, 5) is 16.1. The van der Waals surface area contributed by atoms with E-state index < -0.39 is 12.2 Å². The van der Waals surface area contributed by atoms with Gasteiger partial charge < -0.3 is 15.2 Å². The highest BCUT2D eigenvalue weighted by molar-refractivity contribution is 5.67. The zero-order chi connectivity index (χ0) is 16.9. The van der Waals surface area contributed by atoms with Gasteiger partial charge >= 0.3 is 6.09 Å². The van der Waals surface area contributed by atoms with Gasteiger partial charge in [-0.3, -0.25) is 5.10 Å². The number of carbonyl (C=O) groups is 1. The Hall–Kier alpha value is -2.41. The molecule has 2 aromatic rings. The van der Waals surface area contributed by atoms with E-state index in [0.29, 0.717) is 13.0 Å². The minimum absolute atomic E-state index is 0.0157. The van der Waals surface area contributed by atoms with Gasteiger partial charge in [-0.15, -0.1) is 0 Å². The molecule has 7 heteroatoms. The number of carbonyl (C=O) groups excluding carboxylic acids is 1. The fraction of sp³-hybridized carbons (Fsp3) is 0.471. The average Bonchev–Trinajstić information content (AvgIpc) is 3.18. The van der Waals surface area contributed by atoms with Gasteiger partial charge in [-0.1, -0.05) is 30.3 Å². The summed E-state index contributed by atoms with van der Waals surface area (Å²) in [6, 6.07) is 9.51. The number of aryl methyl sites for hydroxylation is 1. The van der Waals surface area contributed by atoms with Crippen molar-refractivity contribution in [3.8, 4) is 0 Å². The number of nitrogens with zero attached hydrogens (tertiary/aromatic N) is 2. The molecule has 24 heavy (non-hydrogen) atoms. The first-order valence-corrected chi connectivity index (χ1v) is 8.13. The lowest BCUT2D eigenvalue weighted by Gasteiger charge is -2.15. The molecule has 0 saturated heterocycles. The number of aliphatic hydroxyl groups is 1. The Balaban J connectivity index is 1.43. The molecule has 128 valence electrons. The lowest BCUT2D eigenvalue weighted by Crippen LogP contribution is -2.32. The number of hydrogen-bond acceptors (Lipinski definition) is 5. The number of H-pyrrole nitrogens is 1. The summed E-state index contributed by atoms with van der Waals surface area (Å²) in [6.07, 6.45) is 0.423. The van der Waals surface area contributed by atoms with Crippen molar-refractivity contribution in [2.45, 2.75) is 38.4 Å². The third-order valence-corrected chi connectivity index (χ3v) is 4.36. The van der Waals surface area contributed by atoms with E-state index in [1.165, 1.54) is 0 Å². The van der Waals surface area contributed by atoms with E-state index in [0.717, 1.165) is 23.6 Å². The molecule has 0 bridgehead atoms. The Morgan fingerprint density at radius 3 is 2.88 bits per heavy atom. The SMILES string of the molecule is Cc1nc([C@H]2C[C@H](CNC(=O)OCc3ccccc3)[C@H](O)C2)n[nH]1. The molecule has 1 aliphatic carbocycles. The molecule has 1 aromatic carbocycles. The van der Waals surface area contributed by atoms with Crippen molar-refractivity contribution < 1.29 is 14.6 Å². The molecule has 0 radical (unpaired) electrons. The van der Waals surface area contributed by atoms with Gasteiger partial charge in [0.1, 0.15) is 12.4 Å². The number of aromatic nitrogens is 3. The Morgan fingerprint density at radius 2 is 2.17 bits per heavy atom. The fourth-order valence-electron chi connectivity index (χ4n) is 3.06. The van der Waals surface area contributed by atoms with E-state index in [-0.39, 0.29) is 18.4 Å². The molecule has 1 aliphatic rings. The fourth-order valence-corrected chi connectivity index (χ4v) is 3.06. The van der Waals surface area contributed by atoms with Crippen molar-refractivity contribution in [1.29, 1.82) is 0 Å². The number of amides is 1. The summed E-state index contributed by atoms with van der Waals surface area (Å²) in [7, 11) is 0. The predicted octanol–water partition coefficient (Wildman–Crippen LogP) is 1.89. The average molecular weight is 330 g/mol. The van der Waals surface area contributed by atoms with Gasteiger partial charge in [0.2, 0.25) is 0 Å². The number of nitrogens with one attached hydrogen (secondary N) is 2. The minimum atomic E-state index is -0.469. The van der Waals surface area contributed by atoms with Crippen molar-refractivity contribution in [2.75, 3.05) is 6.54 Å². The predicted molar refractivity (Wildman–Crippen MR) is 87.2 cm³/mol. The topological polar surface area (TPSA) is 100 Å². The van der Waals surface area contributed by atoms with Crippen molar-refractivity contribution >= 4 is 6.09 Å². The zero-order valence-corrected chi connectivity index (χ0v) is 13.6. The maximum atomic E-state index is 11.8. The lowest BCUT2D eigenvalue weighted by molar-refractivity contribution is 0.118. The van der Waals surface area contributed by atoms with Crippen molar-refractivity contribution in [3.63, 3.8) is 0 Å². The largest absolute Gasteiger partial charge is 0.445 e. The first kappa shape index (κ1) is 16.4. The van der Waals surface area contributed by atoms with Crippen LogP contribution in [0.3, 0.4) is 0 Å². The van der Waals surface area contributed by atoms with Gasteiger partial charge in [-0.05, 0) is 25.3 Å². The minimum Gasteiger partial charge on any atom is -0.445 e.